The van der Waals surface area contributed by atoms with Gasteiger partial charge in [0, 0.05) is 16.6 Å². The zero-order valence-electron chi connectivity index (χ0n) is 17.4. The Bertz CT molecular complexity index is 1100. The van der Waals surface area contributed by atoms with E-state index in [-0.39, 0.29) is 17.5 Å². The molecule has 6 nitrogen and oxygen atoms in total. The number of hydrazone groups is 1. The molecule has 32 heavy (non-hydrogen) atoms. The first-order valence-electron chi connectivity index (χ1n) is 10.5. The molecule has 1 aliphatic carbocycles. The molecule has 0 atom stereocenters. The van der Waals surface area contributed by atoms with E-state index in [9.17, 15) is 9.18 Å². The number of halogens is 2. The SMILES string of the molecule is O=C(CSc1nnc(-c2ccc(Cl)cc2)n1C1CCCCC1)NN=Cc1cccc(F)c1. The molecule has 166 valence electrons. The zero-order valence-corrected chi connectivity index (χ0v) is 18.9. The molecule has 1 saturated carbocycles. The van der Waals surface area contributed by atoms with Gasteiger partial charge in [-0.05, 0) is 54.8 Å². The number of hydrogen-bond donors (Lipinski definition) is 1. The lowest BCUT2D eigenvalue weighted by Crippen LogP contribution is -2.20. The lowest BCUT2D eigenvalue weighted by Gasteiger charge is -2.25. The number of rotatable bonds is 7. The van der Waals surface area contributed by atoms with Crippen LogP contribution in [-0.2, 0) is 4.79 Å². The summed E-state index contributed by atoms with van der Waals surface area (Å²) in [5.74, 6) is 0.315. The van der Waals surface area contributed by atoms with Crippen LogP contribution in [-0.4, -0.2) is 32.6 Å². The third-order valence-electron chi connectivity index (χ3n) is 5.29. The smallest absolute Gasteiger partial charge is 0.250 e. The maximum absolute atomic E-state index is 13.2. The fourth-order valence-electron chi connectivity index (χ4n) is 3.77. The first kappa shape index (κ1) is 22.5. The molecule has 1 amide bonds. The highest BCUT2D eigenvalue weighted by molar-refractivity contribution is 7.99. The monoisotopic (exact) mass is 471 g/mol. The van der Waals surface area contributed by atoms with Crippen molar-refractivity contribution < 1.29 is 9.18 Å². The van der Waals surface area contributed by atoms with Crippen LogP contribution in [0.1, 0.15) is 43.7 Å². The van der Waals surface area contributed by atoms with E-state index in [4.69, 9.17) is 11.6 Å². The molecule has 1 aromatic heterocycles. The summed E-state index contributed by atoms with van der Waals surface area (Å²) in [5.41, 5.74) is 4.00. The molecule has 3 aromatic rings. The van der Waals surface area contributed by atoms with Crippen molar-refractivity contribution in [2.24, 2.45) is 5.10 Å². The molecule has 1 heterocycles. The van der Waals surface area contributed by atoms with Crippen LogP contribution in [0.15, 0.2) is 58.8 Å². The van der Waals surface area contributed by atoms with E-state index < -0.39 is 0 Å². The zero-order chi connectivity index (χ0) is 22.3. The quantitative estimate of drug-likeness (QED) is 0.281. The van der Waals surface area contributed by atoms with Crippen molar-refractivity contribution in [3.8, 4) is 11.4 Å². The molecule has 1 N–H and O–H groups in total. The van der Waals surface area contributed by atoms with Crippen LogP contribution in [0.5, 0.6) is 0 Å². The van der Waals surface area contributed by atoms with Gasteiger partial charge < -0.3 is 0 Å². The van der Waals surface area contributed by atoms with Crippen molar-refractivity contribution in [2.75, 3.05) is 5.75 Å². The molecular formula is C23H23ClFN5OS. The number of benzene rings is 2. The predicted octanol–water partition coefficient (Wildman–Crippen LogP) is 5.49. The van der Waals surface area contributed by atoms with Gasteiger partial charge in [0.25, 0.3) is 5.91 Å². The molecule has 0 unspecified atom stereocenters. The molecule has 4 rings (SSSR count). The molecular weight excluding hydrogens is 449 g/mol. The van der Waals surface area contributed by atoms with E-state index in [1.54, 1.807) is 12.1 Å². The molecule has 0 saturated heterocycles. The van der Waals surface area contributed by atoms with Crippen LogP contribution in [0.2, 0.25) is 5.02 Å². The summed E-state index contributed by atoms with van der Waals surface area (Å²) in [5, 5.41) is 14.1. The van der Waals surface area contributed by atoms with Crippen molar-refractivity contribution in [3.05, 3.63) is 64.9 Å². The second-order valence-electron chi connectivity index (χ2n) is 7.61. The van der Waals surface area contributed by atoms with E-state index in [1.165, 1.54) is 49.4 Å². The molecule has 1 aliphatic rings. The minimum atomic E-state index is -0.352. The number of hydrogen-bond acceptors (Lipinski definition) is 5. The maximum Gasteiger partial charge on any atom is 0.250 e. The lowest BCUT2D eigenvalue weighted by molar-refractivity contribution is -0.118. The number of carbonyl (C=O) groups is 1. The van der Waals surface area contributed by atoms with Crippen LogP contribution in [0.25, 0.3) is 11.4 Å². The Labute approximate surface area is 195 Å². The Morgan fingerprint density at radius 2 is 1.97 bits per heavy atom. The van der Waals surface area contributed by atoms with Gasteiger partial charge >= 0.3 is 0 Å². The molecule has 0 aliphatic heterocycles. The van der Waals surface area contributed by atoms with Gasteiger partial charge in [-0.2, -0.15) is 5.10 Å². The van der Waals surface area contributed by atoms with Gasteiger partial charge in [0.05, 0.1) is 12.0 Å². The highest BCUT2D eigenvalue weighted by Gasteiger charge is 2.24. The van der Waals surface area contributed by atoms with Gasteiger partial charge in [-0.3, -0.25) is 9.36 Å². The first-order valence-corrected chi connectivity index (χ1v) is 11.9. The Balaban J connectivity index is 1.45. The standard InChI is InChI=1S/C23H23ClFN5OS/c24-18-11-9-17(10-12-18)22-28-29-23(30(22)20-7-2-1-3-8-20)32-15-21(31)27-26-14-16-5-4-6-19(25)13-16/h4-6,9-14,20H,1-3,7-8,15H2,(H,27,31). The number of nitrogens with zero attached hydrogens (tertiary/aromatic N) is 4. The van der Waals surface area contributed by atoms with E-state index in [1.807, 2.05) is 24.3 Å². The van der Waals surface area contributed by atoms with Gasteiger partial charge in [-0.15, -0.1) is 10.2 Å². The summed E-state index contributed by atoms with van der Waals surface area (Å²) in [6.45, 7) is 0. The van der Waals surface area contributed by atoms with Crippen LogP contribution in [0.3, 0.4) is 0 Å². The van der Waals surface area contributed by atoms with Crippen molar-refractivity contribution in [2.45, 2.75) is 43.3 Å². The van der Waals surface area contributed by atoms with Crippen molar-refractivity contribution in [3.63, 3.8) is 0 Å². The number of amides is 1. The summed E-state index contributed by atoms with van der Waals surface area (Å²) in [7, 11) is 0. The molecule has 0 radical (unpaired) electrons. The second-order valence-corrected chi connectivity index (χ2v) is 8.99. The summed E-state index contributed by atoms with van der Waals surface area (Å²) < 4.78 is 15.4. The minimum Gasteiger partial charge on any atom is -0.299 e. The van der Waals surface area contributed by atoms with Gasteiger partial charge in [0.2, 0.25) is 0 Å². The average Bonchev–Trinajstić information content (AvgIpc) is 3.23. The van der Waals surface area contributed by atoms with Crippen LogP contribution in [0.4, 0.5) is 4.39 Å². The van der Waals surface area contributed by atoms with Crippen LogP contribution in [0, 0.1) is 5.82 Å². The molecule has 0 bridgehead atoms. The van der Waals surface area contributed by atoms with E-state index in [0.29, 0.717) is 21.8 Å². The number of carbonyl (C=O) groups excluding carboxylic acids is 1. The van der Waals surface area contributed by atoms with Gasteiger partial charge in [-0.25, -0.2) is 9.82 Å². The summed E-state index contributed by atoms with van der Waals surface area (Å²) in [4.78, 5) is 12.3. The van der Waals surface area contributed by atoms with Crippen molar-refractivity contribution in [1.29, 1.82) is 0 Å². The Hall–Kier alpha value is -2.71. The summed E-state index contributed by atoms with van der Waals surface area (Å²) in [6.07, 6.45) is 7.12. The number of nitrogens with one attached hydrogen (secondary N) is 1. The second kappa shape index (κ2) is 10.7. The van der Waals surface area contributed by atoms with Crippen LogP contribution < -0.4 is 5.43 Å². The van der Waals surface area contributed by atoms with Gasteiger partial charge in [0.15, 0.2) is 11.0 Å². The Kier molecular flexibility index (Phi) is 7.55. The van der Waals surface area contributed by atoms with Gasteiger partial charge in [-0.1, -0.05) is 54.8 Å². The first-order chi connectivity index (χ1) is 15.6. The van der Waals surface area contributed by atoms with Crippen molar-refractivity contribution in [1.82, 2.24) is 20.2 Å². The lowest BCUT2D eigenvalue weighted by atomic mass is 9.95. The van der Waals surface area contributed by atoms with Crippen LogP contribution >= 0.6 is 23.4 Å². The normalized spacial score (nSPS) is 14.7. The topological polar surface area (TPSA) is 72.2 Å². The minimum absolute atomic E-state index is 0.145. The summed E-state index contributed by atoms with van der Waals surface area (Å²) >= 11 is 7.38. The fourth-order valence-corrected chi connectivity index (χ4v) is 4.69. The highest BCUT2D eigenvalue weighted by Crippen LogP contribution is 2.35. The average molecular weight is 472 g/mol. The van der Waals surface area contributed by atoms with Crippen molar-refractivity contribution >= 4 is 35.5 Å². The van der Waals surface area contributed by atoms with E-state index in [2.05, 4.69) is 25.3 Å². The maximum atomic E-state index is 13.2. The third kappa shape index (κ3) is 5.75. The molecule has 1 fully saturated rings. The number of thioether (sulfide) groups is 1. The van der Waals surface area contributed by atoms with E-state index >= 15 is 0 Å². The largest absolute Gasteiger partial charge is 0.299 e. The fraction of sp³-hybridized carbons (Fsp3) is 0.304. The summed E-state index contributed by atoms with van der Waals surface area (Å²) in [6, 6.07) is 13.9. The molecule has 0 spiro atoms. The molecule has 9 heteroatoms. The Morgan fingerprint density at radius 1 is 1.19 bits per heavy atom. The predicted molar refractivity (Wildman–Crippen MR) is 125 cm³/mol. The number of aromatic nitrogens is 3. The highest BCUT2D eigenvalue weighted by atomic mass is 35.5. The van der Waals surface area contributed by atoms with E-state index in [0.717, 1.165) is 24.2 Å². The molecule has 2 aromatic carbocycles. The van der Waals surface area contributed by atoms with Gasteiger partial charge in [0.1, 0.15) is 5.82 Å². The third-order valence-corrected chi connectivity index (χ3v) is 6.49. The Morgan fingerprint density at radius 3 is 2.72 bits per heavy atom.